The summed E-state index contributed by atoms with van der Waals surface area (Å²) in [5.41, 5.74) is 1.62. The molecule has 0 aromatic carbocycles. The number of nitriles is 1. The Labute approximate surface area is 197 Å². The van der Waals surface area contributed by atoms with E-state index in [9.17, 15) is 5.26 Å². The molecule has 2 aliphatic carbocycles. The van der Waals surface area contributed by atoms with Crippen molar-refractivity contribution in [1.29, 1.82) is 5.26 Å². The lowest BCUT2D eigenvalue weighted by molar-refractivity contribution is 0.266. The number of rotatable bonds is 6. The van der Waals surface area contributed by atoms with E-state index in [1.165, 1.54) is 44.9 Å². The Bertz CT molecular complexity index is 1010. The zero-order chi connectivity index (χ0) is 22.9. The first-order valence-electron chi connectivity index (χ1n) is 13.0. The van der Waals surface area contributed by atoms with Crippen LogP contribution in [0.3, 0.4) is 0 Å². The summed E-state index contributed by atoms with van der Waals surface area (Å²) in [5.74, 6) is 4.10. The van der Waals surface area contributed by atoms with E-state index in [1.54, 1.807) is 0 Å². The average molecular weight is 451 g/mol. The van der Waals surface area contributed by atoms with E-state index in [1.807, 2.05) is 0 Å². The first kappa shape index (κ1) is 22.4. The highest BCUT2D eigenvalue weighted by Crippen LogP contribution is 2.36. The second-order valence-electron chi connectivity index (χ2n) is 10.7. The molecule has 3 fully saturated rings. The van der Waals surface area contributed by atoms with Crippen molar-refractivity contribution < 1.29 is 0 Å². The predicted octanol–water partition coefficient (Wildman–Crippen LogP) is 3.92. The van der Waals surface area contributed by atoms with Crippen molar-refractivity contribution in [3.8, 4) is 6.07 Å². The number of anilines is 2. The van der Waals surface area contributed by atoms with Gasteiger partial charge in [0.05, 0.1) is 0 Å². The van der Waals surface area contributed by atoms with Gasteiger partial charge in [-0.1, -0.05) is 26.2 Å². The Morgan fingerprint density at radius 3 is 2.58 bits per heavy atom. The Balaban J connectivity index is 1.58. The largest absolute Gasteiger partial charge is 0.365 e. The number of imidazole rings is 1. The molecule has 2 saturated carbocycles. The molecule has 0 unspecified atom stereocenters. The van der Waals surface area contributed by atoms with Crippen molar-refractivity contribution in [2.24, 2.45) is 17.8 Å². The third-order valence-corrected chi connectivity index (χ3v) is 8.24. The van der Waals surface area contributed by atoms with E-state index >= 15 is 0 Å². The molecular formula is C25H38N8. The first-order valence-corrected chi connectivity index (χ1v) is 13.0. The molecule has 2 aromatic rings. The third kappa shape index (κ3) is 4.52. The van der Waals surface area contributed by atoms with Crippen LogP contribution in [-0.4, -0.2) is 51.2 Å². The van der Waals surface area contributed by atoms with Gasteiger partial charge in [0.15, 0.2) is 11.5 Å². The van der Waals surface area contributed by atoms with Crippen molar-refractivity contribution in [3.05, 3.63) is 5.82 Å². The molecule has 3 aliphatic rings. The average Bonchev–Trinajstić information content (AvgIpc) is 3.12. The van der Waals surface area contributed by atoms with Crippen molar-refractivity contribution in [2.45, 2.75) is 84.3 Å². The van der Waals surface area contributed by atoms with Gasteiger partial charge in [0.1, 0.15) is 11.6 Å². The molecule has 0 radical (unpaired) electrons. The van der Waals surface area contributed by atoms with Crippen molar-refractivity contribution >= 4 is 22.9 Å². The van der Waals surface area contributed by atoms with Crippen LogP contribution in [-0.2, 0) is 6.54 Å². The van der Waals surface area contributed by atoms with Crippen molar-refractivity contribution in [1.82, 2.24) is 24.8 Å². The molecule has 8 heteroatoms. The van der Waals surface area contributed by atoms with E-state index < -0.39 is 0 Å². The van der Waals surface area contributed by atoms with E-state index in [4.69, 9.17) is 4.98 Å². The zero-order valence-corrected chi connectivity index (χ0v) is 20.3. The Kier molecular flexibility index (Phi) is 6.42. The van der Waals surface area contributed by atoms with Gasteiger partial charge < -0.3 is 20.1 Å². The maximum Gasteiger partial charge on any atom is 0.236 e. The van der Waals surface area contributed by atoms with Crippen LogP contribution in [0.1, 0.15) is 71.5 Å². The fraction of sp³-hybridized carbons (Fsp3) is 0.760. The number of fused-ring (bicyclic) bond motifs is 1. The summed E-state index contributed by atoms with van der Waals surface area (Å²) in [4.78, 5) is 16.7. The number of nitrogens with zero attached hydrogens (tertiary/aromatic N) is 6. The van der Waals surface area contributed by atoms with Crippen LogP contribution in [0, 0.1) is 29.1 Å². The molecule has 3 heterocycles. The van der Waals surface area contributed by atoms with E-state index in [0.29, 0.717) is 29.6 Å². The number of hydrogen-bond donors (Lipinski definition) is 2. The lowest BCUT2D eigenvalue weighted by atomic mass is 9.80. The molecular weight excluding hydrogens is 412 g/mol. The highest BCUT2D eigenvalue weighted by Gasteiger charge is 2.30. The van der Waals surface area contributed by atoms with Gasteiger partial charge in [-0.3, -0.25) is 0 Å². The van der Waals surface area contributed by atoms with Gasteiger partial charge in [-0.2, -0.15) is 20.2 Å². The van der Waals surface area contributed by atoms with Crippen LogP contribution >= 0.6 is 0 Å². The van der Waals surface area contributed by atoms with Crippen LogP contribution in [0.5, 0.6) is 0 Å². The lowest BCUT2D eigenvalue weighted by Crippen LogP contribution is -2.51. The van der Waals surface area contributed by atoms with Crippen molar-refractivity contribution in [3.63, 3.8) is 0 Å². The van der Waals surface area contributed by atoms with Crippen LogP contribution in [0.15, 0.2) is 0 Å². The molecule has 0 bridgehead atoms. The second-order valence-corrected chi connectivity index (χ2v) is 10.7. The number of hydrogen-bond acceptors (Lipinski definition) is 7. The molecule has 1 saturated heterocycles. The van der Waals surface area contributed by atoms with E-state index in [0.717, 1.165) is 49.4 Å². The predicted molar refractivity (Wildman–Crippen MR) is 131 cm³/mol. The summed E-state index contributed by atoms with van der Waals surface area (Å²) in [6, 6.07) is 2.84. The molecule has 5 rings (SSSR count). The monoisotopic (exact) mass is 450 g/mol. The van der Waals surface area contributed by atoms with Gasteiger partial charge in [-0.15, -0.1) is 0 Å². The minimum absolute atomic E-state index is 0.196. The summed E-state index contributed by atoms with van der Waals surface area (Å²) >= 11 is 0. The van der Waals surface area contributed by atoms with E-state index in [2.05, 4.69) is 56.9 Å². The van der Waals surface area contributed by atoms with Gasteiger partial charge in [0, 0.05) is 38.3 Å². The van der Waals surface area contributed by atoms with Crippen LogP contribution < -0.4 is 15.5 Å². The van der Waals surface area contributed by atoms with E-state index in [-0.39, 0.29) is 5.82 Å². The minimum Gasteiger partial charge on any atom is -0.365 e. The number of piperazine rings is 1. The maximum absolute atomic E-state index is 9.62. The zero-order valence-electron chi connectivity index (χ0n) is 20.3. The van der Waals surface area contributed by atoms with Crippen LogP contribution in [0.4, 0.5) is 11.8 Å². The summed E-state index contributed by atoms with van der Waals surface area (Å²) in [6.07, 6.45) is 8.95. The summed E-state index contributed by atoms with van der Waals surface area (Å²) in [5, 5.41) is 16.8. The minimum atomic E-state index is 0.196. The molecule has 2 aromatic heterocycles. The summed E-state index contributed by atoms with van der Waals surface area (Å²) < 4.78 is 2.38. The molecule has 2 N–H and O–H groups in total. The second kappa shape index (κ2) is 9.46. The van der Waals surface area contributed by atoms with Gasteiger partial charge in [-0.25, -0.2) is 0 Å². The molecule has 1 aliphatic heterocycles. The van der Waals surface area contributed by atoms with Crippen molar-refractivity contribution in [2.75, 3.05) is 29.9 Å². The third-order valence-electron chi connectivity index (χ3n) is 8.24. The fourth-order valence-electron chi connectivity index (χ4n) is 5.75. The Hall–Kier alpha value is -2.40. The SMILES string of the molecule is C[C@@H]1CNCCN1c1nc2nc(C#N)nc(N[C@H](C)C3CCC3)c2n1C[C@H]1CC[C@H](C)CC1. The highest BCUT2D eigenvalue weighted by molar-refractivity contribution is 5.86. The summed E-state index contributed by atoms with van der Waals surface area (Å²) in [6.45, 7) is 10.6. The first-order chi connectivity index (χ1) is 16.0. The maximum atomic E-state index is 9.62. The van der Waals surface area contributed by atoms with Gasteiger partial charge in [0.2, 0.25) is 11.8 Å². The molecule has 0 spiro atoms. The Morgan fingerprint density at radius 1 is 1.12 bits per heavy atom. The molecule has 178 valence electrons. The van der Waals surface area contributed by atoms with Gasteiger partial charge in [-0.05, 0) is 57.3 Å². The normalized spacial score (nSPS) is 27.2. The van der Waals surface area contributed by atoms with Crippen LogP contribution in [0.2, 0.25) is 0 Å². The fourth-order valence-corrected chi connectivity index (χ4v) is 5.75. The lowest BCUT2D eigenvalue weighted by Gasteiger charge is -2.36. The number of aromatic nitrogens is 4. The standard InChI is InChI=1S/C25H38N8/c1-16-7-9-19(10-8-16)15-33-22-23(28-18(3)20-5-4-6-20)29-21(13-26)30-24(22)31-25(33)32-12-11-27-14-17(32)2/h16-20,27H,4-12,14-15H2,1-3H3,(H,28,29,30)/t16-,17-,18-,19-/m1/s1. The Morgan fingerprint density at radius 2 is 1.91 bits per heavy atom. The molecule has 0 amide bonds. The number of nitrogens with one attached hydrogen (secondary N) is 2. The topological polar surface area (TPSA) is 94.7 Å². The summed E-state index contributed by atoms with van der Waals surface area (Å²) in [7, 11) is 0. The molecule has 2 atom stereocenters. The van der Waals surface area contributed by atoms with Crippen LogP contribution in [0.25, 0.3) is 11.2 Å². The highest BCUT2D eigenvalue weighted by atomic mass is 15.4. The smallest absolute Gasteiger partial charge is 0.236 e. The van der Waals surface area contributed by atoms with Gasteiger partial charge >= 0.3 is 0 Å². The molecule has 33 heavy (non-hydrogen) atoms. The quantitative estimate of drug-likeness (QED) is 0.689. The molecule has 8 nitrogen and oxygen atoms in total. The van der Waals surface area contributed by atoms with Gasteiger partial charge in [0.25, 0.3) is 0 Å².